The smallest absolute Gasteiger partial charge is 0.294 e. The molecule has 0 heterocycles. The van der Waals surface area contributed by atoms with Gasteiger partial charge in [-0.3, -0.25) is 4.79 Å². The molecule has 0 spiro atoms. The Morgan fingerprint density at radius 3 is 2.13 bits per heavy atom. The molecule has 88 valence electrons. The summed E-state index contributed by atoms with van der Waals surface area (Å²) in [7, 11) is 0. The van der Waals surface area contributed by atoms with E-state index in [4.69, 9.17) is 5.73 Å². The van der Waals surface area contributed by atoms with Gasteiger partial charge in [0.15, 0.2) is 0 Å². The van der Waals surface area contributed by atoms with Gasteiger partial charge in [0.1, 0.15) is 6.10 Å². The van der Waals surface area contributed by atoms with Crippen molar-refractivity contribution >= 4 is 5.91 Å². The molecule has 2 N–H and O–H groups in total. The molecule has 0 aromatic heterocycles. The van der Waals surface area contributed by atoms with E-state index in [9.17, 15) is 14.9 Å². The Labute approximate surface area is 88.9 Å². The van der Waals surface area contributed by atoms with E-state index < -0.39 is 22.5 Å². The lowest BCUT2D eigenvalue weighted by Crippen LogP contribution is -2.47. The molecule has 0 aliphatic heterocycles. The molecule has 0 bridgehead atoms. The predicted molar refractivity (Wildman–Crippen MR) is 54.4 cm³/mol. The minimum absolute atomic E-state index is 0.381. The van der Waals surface area contributed by atoms with Crippen LogP contribution < -0.4 is 5.73 Å². The molecule has 0 aliphatic carbocycles. The summed E-state index contributed by atoms with van der Waals surface area (Å²) in [5.74, 6) is -0.541. The third-order valence-corrected chi connectivity index (χ3v) is 2.95. The zero-order chi connectivity index (χ0) is 12.1. The van der Waals surface area contributed by atoms with Crippen LogP contribution in [0.25, 0.3) is 0 Å². The molecule has 0 aromatic carbocycles. The van der Waals surface area contributed by atoms with Crippen LogP contribution in [0.2, 0.25) is 0 Å². The summed E-state index contributed by atoms with van der Waals surface area (Å²) in [6.45, 7) is 5.29. The third-order valence-electron chi connectivity index (χ3n) is 2.95. The summed E-state index contributed by atoms with van der Waals surface area (Å²) < 4.78 is 0. The van der Waals surface area contributed by atoms with Gasteiger partial charge in [0.2, 0.25) is 5.91 Å². The first-order valence-corrected chi connectivity index (χ1v) is 5.05. The number of hydrogen-bond donors (Lipinski definition) is 1. The van der Waals surface area contributed by atoms with Crippen LogP contribution in [0.4, 0.5) is 0 Å². The van der Waals surface area contributed by atoms with Gasteiger partial charge in [-0.25, -0.2) is 0 Å². The van der Waals surface area contributed by atoms with Gasteiger partial charge in [-0.2, -0.15) is 0 Å². The molecule has 0 rings (SSSR count). The SMILES string of the molecule is CCC(O[N+](=O)[O-])C(CC)(CC)C(N)=O. The van der Waals surface area contributed by atoms with Crippen molar-refractivity contribution in [1.29, 1.82) is 0 Å². The maximum Gasteiger partial charge on any atom is 0.294 e. The van der Waals surface area contributed by atoms with Gasteiger partial charge in [-0.05, 0) is 19.3 Å². The predicted octanol–water partition coefficient (Wildman–Crippen LogP) is 1.26. The van der Waals surface area contributed by atoms with Crippen molar-refractivity contribution in [2.75, 3.05) is 0 Å². The number of carbonyl (C=O) groups is 1. The second-order valence-electron chi connectivity index (χ2n) is 3.45. The van der Waals surface area contributed by atoms with Crippen LogP contribution in [0.5, 0.6) is 0 Å². The summed E-state index contributed by atoms with van der Waals surface area (Å²) >= 11 is 0. The van der Waals surface area contributed by atoms with E-state index in [0.717, 1.165) is 0 Å². The summed E-state index contributed by atoms with van der Waals surface area (Å²) in [5, 5.41) is 9.44. The van der Waals surface area contributed by atoms with E-state index in [-0.39, 0.29) is 0 Å². The highest BCUT2D eigenvalue weighted by atomic mass is 17.0. The minimum Gasteiger partial charge on any atom is -0.369 e. The molecule has 1 unspecified atom stereocenters. The maximum absolute atomic E-state index is 11.4. The molecule has 0 fully saturated rings. The van der Waals surface area contributed by atoms with Gasteiger partial charge in [-0.15, -0.1) is 10.1 Å². The first-order chi connectivity index (χ1) is 6.94. The number of primary amides is 1. The van der Waals surface area contributed by atoms with Crippen molar-refractivity contribution in [3.05, 3.63) is 10.1 Å². The standard InChI is InChI=1S/C9H18N2O4/c1-4-7(15-11(13)14)9(5-2,6-3)8(10)12/h7H,4-6H2,1-3H3,(H2,10,12). The fourth-order valence-corrected chi connectivity index (χ4v) is 1.88. The molecule has 6 heteroatoms. The molecule has 0 radical (unpaired) electrons. The second kappa shape index (κ2) is 5.53. The highest BCUT2D eigenvalue weighted by molar-refractivity contribution is 5.81. The highest BCUT2D eigenvalue weighted by Gasteiger charge is 2.42. The molecule has 15 heavy (non-hydrogen) atoms. The van der Waals surface area contributed by atoms with Crippen LogP contribution >= 0.6 is 0 Å². The first-order valence-electron chi connectivity index (χ1n) is 5.05. The number of nitrogens with zero attached hydrogens (tertiary/aromatic N) is 1. The van der Waals surface area contributed by atoms with Crippen LogP contribution in [0, 0.1) is 15.5 Å². The van der Waals surface area contributed by atoms with Crippen molar-refractivity contribution in [2.24, 2.45) is 11.1 Å². The molecule has 0 aliphatic rings. The maximum atomic E-state index is 11.4. The Balaban J connectivity index is 4.99. The summed E-state index contributed by atoms with van der Waals surface area (Å²) in [6, 6.07) is 0. The lowest BCUT2D eigenvalue weighted by Gasteiger charge is -2.34. The largest absolute Gasteiger partial charge is 0.369 e. The molecular weight excluding hydrogens is 200 g/mol. The van der Waals surface area contributed by atoms with Crippen LogP contribution in [-0.2, 0) is 9.63 Å². The Bertz CT molecular complexity index is 238. The fraction of sp³-hybridized carbons (Fsp3) is 0.889. The van der Waals surface area contributed by atoms with Crippen LogP contribution in [0.3, 0.4) is 0 Å². The molecule has 1 amide bonds. The Hall–Kier alpha value is -1.33. The van der Waals surface area contributed by atoms with E-state index in [1.165, 1.54) is 0 Å². The van der Waals surface area contributed by atoms with Gasteiger partial charge in [0.05, 0.1) is 5.41 Å². The van der Waals surface area contributed by atoms with Crippen molar-refractivity contribution in [2.45, 2.75) is 46.1 Å². The number of rotatable bonds is 7. The lowest BCUT2D eigenvalue weighted by atomic mass is 9.75. The van der Waals surface area contributed by atoms with Crippen molar-refractivity contribution in [3.63, 3.8) is 0 Å². The quantitative estimate of drug-likeness (QED) is 0.514. The molecular formula is C9H18N2O4. The van der Waals surface area contributed by atoms with E-state index >= 15 is 0 Å². The number of nitrogens with two attached hydrogens (primary N) is 1. The summed E-state index contributed by atoms with van der Waals surface area (Å²) in [4.78, 5) is 26.2. The van der Waals surface area contributed by atoms with E-state index in [2.05, 4.69) is 4.84 Å². The monoisotopic (exact) mass is 218 g/mol. The van der Waals surface area contributed by atoms with Crippen molar-refractivity contribution in [1.82, 2.24) is 0 Å². The Morgan fingerprint density at radius 2 is 1.93 bits per heavy atom. The minimum atomic E-state index is -0.943. The Morgan fingerprint density at radius 1 is 1.47 bits per heavy atom. The molecule has 1 atom stereocenters. The zero-order valence-electron chi connectivity index (χ0n) is 9.36. The molecule has 0 aromatic rings. The van der Waals surface area contributed by atoms with Gasteiger partial charge in [0, 0.05) is 0 Å². The van der Waals surface area contributed by atoms with Gasteiger partial charge in [0.25, 0.3) is 5.09 Å². The molecule has 0 saturated carbocycles. The first kappa shape index (κ1) is 13.7. The highest BCUT2D eigenvalue weighted by Crippen LogP contribution is 2.34. The summed E-state index contributed by atoms with van der Waals surface area (Å²) in [6.07, 6.45) is 0.488. The van der Waals surface area contributed by atoms with E-state index in [1.807, 2.05) is 0 Å². The van der Waals surface area contributed by atoms with Gasteiger partial charge < -0.3 is 10.6 Å². The molecule has 6 nitrogen and oxygen atoms in total. The average Bonchev–Trinajstić information content (AvgIpc) is 2.17. The van der Waals surface area contributed by atoms with Crippen molar-refractivity contribution < 1.29 is 14.7 Å². The van der Waals surface area contributed by atoms with Crippen LogP contribution in [0.15, 0.2) is 0 Å². The van der Waals surface area contributed by atoms with E-state index in [0.29, 0.717) is 19.3 Å². The lowest BCUT2D eigenvalue weighted by molar-refractivity contribution is -0.772. The van der Waals surface area contributed by atoms with Crippen LogP contribution in [0.1, 0.15) is 40.0 Å². The van der Waals surface area contributed by atoms with Gasteiger partial charge in [-0.1, -0.05) is 20.8 Å². The average molecular weight is 218 g/mol. The van der Waals surface area contributed by atoms with Gasteiger partial charge >= 0.3 is 0 Å². The number of hydrogen-bond acceptors (Lipinski definition) is 4. The fourth-order valence-electron chi connectivity index (χ4n) is 1.88. The second-order valence-corrected chi connectivity index (χ2v) is 3.45. The topological polar surface area (TPSA) is 95.5 Å². The number of carbonyl (C=O) groups excluding carboxylic acids is 1. The van der Waals surface area contributed by atoms with E-state index in [1.54, 1.807) is 20.8 Å². The normalized spacial score (nSPS) is 13.3. The Kier molecular flexibility index (Phi) is 5.04. The summed E-state index contributed by atoms with van der Waals surface area (Å²) in [5.41, 5.74) is 4.36. The van der Waals surface area contributed by atoms with Crippen LogP contribution in [-0.4, -0.2) is 17.1 Å². The number of amides is 1. The zero-order valence-corrected chi connectivity index (χ0v) is 9.36. The molecule has 0 saturated heterocycles. The third kappa shape index (κ3) is 2.81. The van der Waals surface area contributed by atoms with Crippen molar-refractivity contribution in [3.8, 4) is 0 Å².